The highest BCUT2D eigenvalue weighted by molar-refractivity contribution is 7.48. The molecule has 2 heterocycles. The standard InChI is InChI=1S/C20H21N2O7P/c1-3-27-30(26,28-4-2)29-20(14-10-6-8-12-16(14)22-18(20)24)19(25)13-9-5-7-11-15(13)21-17(19)23/h5-12,25H,3-4H2,1-2H3,(H,21,23)(H,22,24). The van der Waals surface area contributed by atoms with Crippen molar-refractivity contribution in [3.63, 3.8) is 0 Å². The maximum atomic E-state index is 13.4. The third-order valence-electron chi connectivity index (χ3n) is 5.10. The maximum Gasteiger partial charge on any atom is 0.476 e. The van der Waals surface area contributed by atoms with E-state index < -0.39 is 30.8 Å². The van der Waals surface area contributed by atoms with Gasteiger partial charge < -0.3 is 15.7 Å². The maximum absolute atomic E-state index is 13.4. The molecule has 0 radical (unpaired) electrons. The molecule has 4 rings (SSSR count). The first-order valence-corrected chi connectivity index (χ1v) is 10.9. The average molecular weight is 432 g/mol. The van der Waals surface area contributed by atoms with E-state index >= 15 is 0 Å². The fourth-order valence-corrected chi connectivity index (χ4v) is 5.37. The predicted octanol–water partition coefficient (Wildman–Crippen LogP) is 2.87. The number of anilines is 2. The Bertz CT molecular complexity index is 1060. The number of amides is 2. The number of phosphoric acid groups is 1. The molecule has 0 bridgehead atoms. The van der Waals surface area contributed by atoms with Gasteiger partial charge in [-0.15, -0.1) is 0 Å². The molecule has 2 unspecified atom stereocenters. The van der Waals surface area contributed by atoms with E-state index in [0.29, 0.717) is 11.4 Å². The minimum atomic E-state index is -4.36. The Morgan fingerprint density at radius 1 is 0.867 bits per heavy atom. The lowest BCUT2D eigenvalue weighted by molar-refractivity contribution is -0.179. The number of carbonyl (C=O) groups excluding carboxylic acids is 2. The van der Waals surface area contributed by atoms with Crippen LogP contribution in [0.2, 0.25) is 0 Å². The largest absolute Gasteiger partial charge is 0.476 e. The second kappa shape index (κ2) is 7.30. The van der Waals surface area contributed by atoms with Crippen molar-refractivity contribution in [1.82, 2.24) is 0 Å². The third kappa shape index (κ3) is 2.74. The van der Waals surface area contributed by atoms with E-state index in [1.165, 1.54) is 12.1 Å². The van der Waals surface area contributed by atoms with Crippen LogP contribution in [0.15, 0.2) is 48.5 Å². The highest BCUT2D eigenvalue weighted by atomic mass is 31.2. The van der Waals surface area contributed by atoms with Gasteiger partial charge in [0, 0.05) is 22.5 Å². The molecule has 2 aliphatic rings. The summed E-state index contributed by atoms with van der Waals surface area (Å²) in [5.74, 6) is -1.76. The van der Waals surface area contributed by atoms with Gasteiger partial charge in [-0.3, -0.25) is 23.2 Å². The van der Waals surface area contributed by atoms with Gasteiger partial charge in [-0.05, 0) is 26.0 Å². The number of benzene rings is 2. The van der Waals surface area contributed by atoms with Gasteiger partial charge in [-0.25, -0.2) is 4.57 Å². The van der Waals surface area contributed by atoms with Gasteiger partial charge in [0.15, 0.2) is 0 Å². The van der Waals surface area contributed by atoms with E-state index in [4.69, 9.17) is 13.6 Å². The molecule has 2 amide bonds. The van der Waals surface area contributed by atoms with Gasteiger partial charge in [-0.2, -0.15) is 0 Å². The summed E-state index contributed by atoms with van der Waals surface area (Å²) in [6.45, 7) is 3.07. The lowest BCUT2D eigenvalue weighted by Crippen LogP contribution is -2.58. The number of phosphoric ester groups is 1. The normalized spacial score (nSPS) is 24.9. The number of para-hydroxylation sites is 2. The molecule has 0 saturated carbocycles. The second-order valence-electron chi connectivity index (χ2n) is 6.77. The molecule has 2 aromatic carbocycles. The Kier molecular flexibility index (Phi) is 5.04. The zero-order valence-electron chi connectivity index (χ0n) is 16.4. The molecular weight excluding hydrogens is 411 g/mol. The van der Waals surface area contributed by atoms with Gasteiger partial charge >= 0.3 is 7.82 Å². The molecule has 0 aromatic heterocycles. The van der Waals surface area contributed by atoms with Crippen LogP contribution in [-0.4, -0.2) is 30.1 Å². The molecule has 2 atom stereocenters. The van der Waals surface area contributed by atoms with Crippen LogP contribution in [0.4, 0.5) is 11.4 Å². The highest BCUT2D eigenvalue weighted by Crippen LogP contribution is 2.63. The molecule has 2 aliphatic heterocycles. The van der Waals surface area contributed by atoms with E-state index in [0.717, 1.165) is 0 Å². The summed E-state index contributed by atoms with van der Waals surface area (Å²) in [5.41, 5.74) is -4.07. The monoisotopic (exact) mass is 432 g/mol. The van der Waals surface area contributed by atoms with E-state index in [1.807, 2.05) is 0 Å². The number of hydrogen-bond acceptors (Lipinski definition) is 7. The first-order valence-electron chi connectivity index (χ1n) is 9.46. The molecule has 2 aromatic rings. The quantitative estimate of drug-likeness (QED) is 0.575. The predicted molar refractivity (Wildman–Crippen MR) is 108 cm³/mol. The molecule has 0 aliphatic carbocycles. The summed E-state index contributed by atoms with van der Waals surface area (Å²) in [5, 5.41) is 17.0. The summed E-state index contributed by atoms with van der Waals surface area (Å²) in [6.07, 6.45) is 0. The Hall–Kier alpha value is -2.55. The molecule has 10 heteroatoms. The number of carbonyl (C=O) groups is 2. The summed E-state index contributed by atoms with van der Waals surface area (Å²) < 4.78 is 29.6. The van der Waals surface area contributed by atoms with Crippen molar-refractivity contribution in [3.8, 4) is 0 Å². The molecule has 158 valence electrons. The number of rotatable bonds is 7. The van der Waals surface area contributed by atoms with E-state index in [9.17, 15) is 19.3 Å². The Morgan fingerprint density at radius 3 is 1.97 bits per heavy atom. The minimum absolute atomic E-state index is 0.0438. The van der Waals surface area contributed by atoms with Gasteiger partial charge in [0.05, 0.1) is 13.2 Å². The zero-order chi connectivity index (χ0) is 21.6. The van der Waals surface area contributed by atoms with Crippen molar-refractivity contribution in [3.05, 3.63) is 59.7 Å². The van der Waals surface area contributed by atoms with Crippen molar-refractivity contribution in [2.45, 2.75) is 25.0 Å². The molecule has 3 N–H and O–H groups in total. The third-order valence-corrected chi connectivity index (χ3v) is 6.75. The Balaban J connectivity index is 2.01. The first-order chi connectivity index (χ1) is 14.3. The zero-order valence-corrected chi connectivity index (χ0v) is 17.3. The van der Waals surface area contributed by atoms with Crippen LogP contribution in [-0.2, 0) is 38.9 Å². The van der Waals surface area contributed by atoms with Gasteiger partial charge in [-0.1, -0.05) is 36.4 Å². The lowest BCUT2D eigenvalue weighted by Gasteiger charge is -2.39. The van der Waals surface area contributed by atoms with Crippen molar-refractivity contribution in [2.75, 3.05) is 23.8 Å². The lowest BCUT2D eigenvalue weighted by atomic mass is 9.74. The molecule has 9 nitrogen and oxygen atoms in total. The molecule has 0 saturated heterocycles. The first kappa shape index (κ1) is 20.7. The van der Waals surface area contributed by atoms with Crippen LogP contribution < -0.4 is 10.6 Å². The number of hydrogen-bond donors (Lipinski definition) is 3. The SMILES string of the molecule is CCOP(=O)(OCC)OC1(C2(O)C(=O)Nc3ccccc32)C(=O)Nc2ccccc21. The number of nitrogens with one attached hydrogen (secondary N) is 2. The molecule has 0 spiro atoms. The van der Waals surface area contributed by atoms with Crippen LogP contribution >= 0.6 is 7.82 Å². The van der Waals surface area contributed by atoms with Crippen LogP contribution in [0.5, 0.6) is 0 Å². The van der Waals surface area contributed by atoms with Crippen LogP contribution in [0.3, 0.4) is 0 Å². The van der Waals surface area contributed by atoms with Crippen molar-refractivity contribution in [2.24, 2.45) is 0 Å². The fourth-order valence-electron chi connectivity index (χ4n) is 3.91. The fraction of sp³-hybridized carbons (Fsp3) is 0.300. The van der Waals surface area contributed by atoms with Gasteiger partial charge in [0.1, 0.15) is 0 Å². The average Bonchev–Trinajstić information content (AvgIpc) is 3.15. The summed E-state index contributed by atoms with van der Waals surface area (Å²) in [6, 6.07) is 12.8. The molecular formula is C20H21N2O7P. The Morgan fingerprint density at radius 2 is 1.37 bits per heavy atom. The Labute approximate surface area is 173 Å². The number of fused-ring (bicyclic) bond motifs is 2. The van der Waals surface area contributed by atoms with Gasteiger partial charge in [0.25, 0.3) is 11.8 Å². The smallest absolute Gasteiger partial charge is 0.372 e. The second-order valence-corrected chi connectivity index (χ2v) is 8.36. The van der Waals surface area contributed by atoms with Crippen LogP contribution in [0.1, 0.15) is 25.0 Å². The summed E-state index contributed by atoms with van der Waals surface area (Å²) >= 11 is 0. The van der Waals surface area contributed by atoms with E-state index in [1.54, 1.807) is 50.2 Å². The highest BCUT2D eigenvalue weighted by Gasteiger charge is 2.71. The number of aliphatic hydroxyl groups is 1. The van der Waals surface area contributed by atoms with Crippen LogP contribution in [0.25, 0.3) is 0 Å². The summed E-state index contributed by atoms with van der Waals surface area (Å²) in [7, 11) is -4.36. The van der Waals surface area contributed by atoms with Crippen molar-refractivity contribution >= 4 is 31.0 Å². The topological polar surface area (TPSA) is 123 Å². The minimum Gasteiger partial charge on any atom is -0.372 e. The summed E-state index contributed by atoms with van der Waals surface area (Å²) in [4.78, 5) is 26.5. The van der Waals surface area contributed by atoms with E-state index in [-0.39, 0.29) is 24.3 Å². The van der Waals surface area contributed by atoms with E-state index in [2.05, 4.69) is 10.6 Å². The van der Waals surface area contributed by atoms with Crippen molar-refractivity contribution in [1.29, 1.82) is 0 Å². The van der Waals surface area contributed by atoms with Crippen molar-refractivity contribution < 1.29 is 32.8 Å². The molecule has 0 fully saturated rings. The molecule has 30 heavy (non-hydrogen) atoms. The van der Waals surface area contributed by atoms with Gasteiger partial charge in [0.2, 0.25) is 11.2 Å². The van der Waals surface area contributed by atoms with Crippen LogP contribution in [0, 0.1) is 0 Å².